The molecule has 6 heteroatoms. The standard InChI is InChI=1S/C17H12ClN5/c18-11-7-5-10(6-8-11)14-9-15(23-17(19)22-14)16-20-12-3-1-2-4-13(12)21-16/h1-9H,(H,20,21)(H2,19,22,23). The molecule has 0 aliphatic carbocycles. The van der Waals surface area contributed by atoms with E-state index in [0.29, 0.717) is 16.5 Å². The van der Waals surface area contributed by atoms with Gasteiger partial charge in [-0.25, -0.2) is 15.0 Å². The molecule has 5 nitrogen and oxygen atoms in total. The number of rotatable bonds is 2. The van der Waals surface area contributed by atoms with E-state index >= 15 is 0 Å². The number of hydrogen-bond acceptors (Lipinski definition) is 4. The molecule has 3 N–H and O–H groups in total. The number of H-pyrrole nitrogens is 1. The van der Waals surface area contributed by atoms with Crippen molar-refractivity contribution in [2.45, 2.75) is 0 Å². The van der Waals surface area contributed by atoms with Gasteiger partial charge in [0.2, 0.25) is 5.95 Å². The molecule has 4 aromatic rings. The summed E-state index contributed by atoms with van der Waals surface area (Å²) in [6, 6.07) is 17.1. The lowest BCUT2D eigenvalue weighted by molar-refractivity contribution is 1.16. The van der Waals surface area contributed by atoms with Crippen molar-refractivity contribution in [1.29, 1.82) is 0 Å². The summed E-state index contributed by atoms with van der Waals surface area (Å²) in [6.07, 6.45) is 0. The maximum absolute atomic E-state index is 5.93. The Morgan fingerprint density at radius 2 is 1.61 bits per heavy atom. The second-order valence-electron chi connectivity index (χ2n) is 5.11. The third kappa shape index (κ3) is 2.62. The first-order chi connectivity index (χ1) is 11.2. The van der Waals surface area contributed by atoms with Crippen molar-refractivity contribution in [2.75, 3.05) is 5.73 Å². The van der Waals surface area contributed by atoms with Gasteiger partial charge < -0.3 is 10.7 Å². The predicted molar refractivity (Wildman–Crippen MR) is 92.0 cm³/mol. The van der Waals surface area contributed by atoms with Gasteiger partial charge in [-0.1, -0.05) is 35.9 Å². The molecule has 0 bridgehead atoms. The Balaban J connectivity index is 1.84. The molecule has 0 radical (unpaired) electrons. The average molecular weight is 322 g/mol. The molecule has 0 fully saturated rings. The second kappa shape index (κ2) is 5.37. The molecule has 4 rings (SSSR count). The minimum atomic E-state index is 0.202. The highest BCUT2D eigenvalue weighted by atomic mass is 35.5. The van der Waals surface area contributed by atoms with Crippen LogP contribution in [0.4, 0.5) is 5.95 Å². The van der Waals surface area contributed by atoms with Crippen LogP contribution in [0.5, 0.6) is 0 Å². The number of nitrogens with zero attached hydrogens (tertiary/aromatic N) is 3. The smallest absolute Gasteiger partial charge is 0.221 e. The molecule has 0 aliphatic heterocycles. The molecule has 0 aliphatic rings. The van der Waals surface area contributed by atoms with Gasteiger partial charge >= 0.3 is 0 Å². The van der Waals surface area contributed by atoms with E-state index in [1.807, 2.05) is 54.6 Å². The SMILES string of the molecule is Nc1nc(-c2ccc(Cl)cc2)cc(-c2nc3ccccc3[nH]2)n1. The van der Waals surface area contributed by atoms with Gasteiger partial charge in [0.25, 0.3) is 0 Å². The van der Waals surface area contributed by atoms with Crippen molar-refractivity contribution in [2.24, 2.45) is 0 Å². The Labute approximate surface area is 137 Å². The van der Waals surface area contributed by atoms with Gasteiger partial charge in [0.05, 0.1) is 16.7 Å². The molecule has 2 aromatic heterocycles. The van der Waals surface area contributed by atoms with Crippen molar-refractivity contribution in [3.63, 3.8) is 0 Å². The van der Waals surface area contributed by atoms with E-state index in [1.165, 1.54) is 0 Å². The minimum Gasteiger partial charge on any atom is -0.368 e. The molecule has 0 unspecified atom stereocenters. The van der Waals surface area contributed by atoms with E-state index in [-0.39, 0.29) is 5.95 Å². The lowest BCUT2D eigenvalue weighted by Gasteiger charge is -2.04. The van der Waals surface area contributed by atoms with Gasteiger partial charge in [-0.2, -0.15) is 0 Å². The number of fused-ring (bicyclic) bond motifs is 1. The van der Waals surface area contributed by atoms with Gasteiger partial charge in [-0.3, -0.25) is 0 Å². The molecular weight excluding hydrogens is 310 g/mol. The number of hydrogen-bond donors (Lipinski definition) is 2. The van der Waals surface area contributed by atoms with Crippen molar-refractivity contribution in [3.05, 3.63) is 59.6 Å². The Morgan fingerprint density at radius 3 is 2.39 bits per heavy atom. The van der Waals surface area contributed by atoms with Crippen LogP contribution in [0.2, 0.25) is 5.02 Å². The molecule has 2 aromatic carbocycles. The van der Waals surface area contributed by atoms with E-state index in [9.17, 15) is 0 Å². The summed E-state index contributed by atoms with van der Waals surface area (Å²) in [4.78, 5) is 16.4. The topological polar surface area (TPSA) is 80.5 Å². The highest BCUT2D eigenvalue weighted by Crippen LogP contribution is 2.25. The molecule has 0 saturated heterocycles. The van der Waals surface area contributed by atoms with Crippen molar-refractivity contribution in [1.82, 2.24) is 19.9 Å². The predicted octanol–water partition coefficient (Wildman–Crippen LogP) is 3.92. The van der Waals surface area contributed by atoms with Crippen LogP contribution in [0, 0.1) is 0 Å². The fraction of sp³-hybridized carbons (Fsp3) is 0. The zero-order chi connectivity index (χ0) is 15.8. The van der Waals surface area contributed by atoms with Gasteiger partial charge in [-0.05, 0) is 30.3 Å². The van der Waals surface area contributed by atoms with Gasteiger partial charge in [0.1, 0.15) is 5.69 Å². The normalized spacial score (nSPS) is 11.0. The van der Waals surface area contributed by atoms with Gasteiger partial charge in [-0.15, -0.1) is 0 Å². The van der Waals surface area contributed by atoms with Crippen molar-refractivity contribution in [3.8, 4) is 22.8 Å². The Bertz CT molecular complexity index is 958. The van der Waals surface area contributed by atoms with E-state index in [2.05, 4.69) is 19.9 Å². The summed E-state index contributed by atoms with van der Waals surface area (Å²) in [7, 11) is 0. The number of para-hydroxylation sites is 2. The van der Waals surface area contributed by atoms with E-state index in [1.54, 1.807) is 0 Å². The molecule has 112 valence electrons. The largest absolute Gasteiger partial charge is 0.368 e. The summed E-state index contributed by atoms with van der Waals surface area (Å²) in [5.74, 6) is 0.864. The van der Waals surface area contributed by atoms with Crippen LogP contribution in [0.1, 0.15) is 0 Å². The summed E-state index contributed by atoms with van der Waals surface area (Å²) in [6.45, 7) is 0. The summed E-state index contributed by atoms with van der Waals surface area (Å²) in [5.41, 5.74) is 10.00. The quantitative estimate of drug-likeness (QED) is 0.586. The van der Waals surface area contributed by atoms with Crippen LogP contribution in [0.3, 0.4) is 0 Å². The third-order valence-corrected chi connectivity index (χ3v) is 3.77. The van der Waals surface area contributed by atoms with Crippen LogP contribution in [0.15, 0.2) is 54.6 Å². The number of nitrogens with one attached hydrogen (secondary N) is 1. The number of nitrogens with two attached hydrogens (primary N) is 1. The second-order valence-corrected chi connectivity index (χ2v) is 5.54. The summed E-state index contributed by atoms with van der Waals surface area (Å²) >= 11 is 5.93. The van der Waals surface area contributed by atoms with Crippen LogP contribution < -0.4 is 5.73 Å². The van der Waals surface area contributed by atoms with Crippen LogP contribution >= 0.6 is 11.6 Å². The number of imidazole rings is 1. The van der Waals surface area contributed by atoms with E-state index in [0.717, 1.165) is 22.3 Å². The number of aromatic amines is 1. The first-order valence-corrected chi connectivity index (χ1v) is 7.42. The number of anilines is 1. The first-order valence-electron chi connectivity index (χ1n) is 7.05. The number of nitrogen functional groups attached to an aromatic ring is 1. The molecule has 0 spiro atoms. The zero-order valence-electron chi connectivity index (χ0n) is 12.0. The van der Waals surface area contributed by atoms with Crippen LogP contribution in [-0.2, 0) is 0 Å². The first kappa shape index (κ1) is 13.7. The molecule has 23 heavy (non-hydrogen) atoms. The monoisotopic (exact) mass is 321 g/mol. The van der Waals surface area contributed by atoms with Crippen molar-refractivity contribution < 1.29 is 0 Å². The Morgan fingerprint density at radius 1 is 0.870 bits per heavy atom. The summed E-state index contributed by atoms with van der Waals surface area (Å²) < 4.78 is 0. The molecule has 0 amide bonds. The van der Waals surface area contributed by atoms with Gasteiger partial charge in [0, 0.05) is 10.6 Å². The average Bonchev–Trinajstić information content (AvgIpc) is 2.99. The van der Waals surface area contributed by atoms with Crippen molar-refractivity contribution >= 4 is 28.6 Å². The zero-order valence-corrected chi connectivity index (χ0v) is 12.7. The Kier molecular flexibility index (Phi) is 3.20. The maximum Gasteiger partial charge on any atom is 0.221 e. The lowest BCUT2D eigenvalue weighted by Crippen LogP contribution is -1.99. The molecule has 2 heterocycles. The maximum atomic E-state index is 5.93. The summed E-state index contributed by atoms with van der Waals surface area (Å²) in [5, 5.41) is 0.674. The fourth-order valence-electron chi connectivity index (χ4n) is 2.43. The highest BCUT2D eigenvalue weighted by molar-refractivity contribution is 6.30. The molecule has 0 atom stereocenters. The fourth-order valence-corrected chi connectivity index (χ4v) is 2.56. The van der Waals surface area contributed by atoms with E-state index in [4.69, 9.17) is 17.3 Å². The van der Waals surface area contributed by atoms with Crippen LogP contribution in [-0.4, -0.2) is 19.9 Å². The van der Waals surface area contributed by atoms with E-state index < -0.39 is 0 Å². The number of aromatic nitrogens is 4. The molecule has 0 saturated carbocycles. The number of halogens is 1. The minimum absolute atomic E-state index is 0.202. The van der Waals surface area contributed by atoms with Gasteiger partial charge in [0.15, 0.2) is 5.82 Å². The van der Waals surface area contributed by atoms with Crippen LogP contribution in [0.25, 0.3) is 33.8 Å². The highest BCUT2D eigenvalue weighted by Gasteiger charge is 2.10. The third-order valence-electron chi connectivity index (χ3n) is 3.52. The number of benzene rings is 2. The lowest BCUT2D eigenvalue weighted by atomic mass is 10.1. The molecular formula is C17H12ClN5. The Hall–Kier alpha value is -2.92.